The number of carboxylic acids is 1. The summed E-state index contributed by atoms with van der Waals surface area (Å²) in [5.74, 6) is 12.0. The van der Waals surface area contributed by atoms with Gasteiger partial charge in [0.05, 0.1) is 0 Å². The van der Waals surface area contributed by atoms with Crippen molar-refractivity contribution in [3.8, 4) is 23.7 Å². The Labute approximate surface area is 124 Å². The van der Waals surface area contributed by atoms with Gasteiger partial charge in [0.1, 0.15) is 0 Å². The monoisotopic (exact) mass is 276 g/mol. The topological polar surface area (TPSA) is 37.3 Å². The van der Waals surface area contributed by atoms with E-state index in [1.807, 2.05) is 0 Å². The summed E-state index contributed by atoms with van der Waals surface area (Å²) in [6.07, 6.45) is 11.8. The largest absolute Gasteiger partial charge is 0.481 e. The van der Waals surface area contributed by atoms with Crippen molar-refractivity contribution in [1.29, 1.82) is 0 Å². The molecule has 20 heavy (non-hydrogen) atoms. The van der Waals surface area contributed by atoms with Gasteiger partial charge in [-0.1, -0.05) is 26.2 Å². The lowest BCUT2D eigenvalue weighted by molar-refractivity contribution is -0.137. The van der Waals surface area contributed by atoms with Crippen molar-refractivity contribution in [2.24, 2.45) is 0 Å². The van der Waals surface area contributed by atoms with Crippen molar-refractivity contribution < 1.29 is 9.90 Å². The van der Waals surface area contributed by atoms with Gasteiger partial charge in [0.2, 0.25) is 0 Å². The molecule has 0 aliphatic carbocycles. The Kier molecular flexibility index (Phi) is 14.5. The van der Waals surface area contributed by atoms with Crippen LogP contribution in [0.15, 0.2) is 0 Å². The molecule has 0 rings (SSSR count). The molecule has 0 aliphatic rings. The number of carbonyl (C=O) groups is 1. The molecule has 0 unspecified atom stereocenters. The van der Waals surface area contributed by atoms with E-state index < -0.39 is 5.97 Å². The van der Waals surface area contributed by atoms with Gasteiger partial charge in [-0.15, -0.1) is 23.7 Å². The first-order valence-electron chi connectivity index (χ1n) is 7.90. The van der Waals surface area contributed by atoms with E-state index in [0.29, 0.717) is 6.42 Å². The average Bonchev–Trinajstić information content (AvgIpc) is 2.43. The van der Waals surface area contributed by atoms with E-state index in [4.69, 9.17) is 5.11 Å². The highest BCUT2D eigenvalue weighted by Crippen LogP contribution is 2.05. The highest BCUT2D eigenvalue weighted by atomic mass is 16.4. The average molecular weight is 276 g/mol. The minimum absolute atomic E-state index is 0.300. The summed E-state index contributed by atoms with van der Waals surface area (Å²) in [5, 5.41) is 8.49. The number of unbranched alkanes of at least 4 members (excludes halogenated alkanes) is 8. The van der Waals surface area contributed by atoms with Crippen molar-refractivity contribution in [2.75, 3.05) is 0 Å². The van der Waals surface area contributed by atoms with E-state index in [9.17, 15) is 4.79 Å². The summed E-state index contributed by atoms with van der Waals surface area (Å²) in [4.78, 5) is 10.3. The second kappa shape index (κ2) is 15.6. The first-order valence-corrected chi connectivity index (χ1v) is 7.90. The molecule has 0 aromatic heterocycles. The standard InChI is InChI=1S/C18H28O2/c1-2-3-4-5-6-7-8-9-10-11-12-13-14-15-16-17-18(19)20/h2,5-9,12-17H2,1H3,(H,19,20). The first-order chi connectivity index (χ1) is 9.77. The van der Waals surface area contributed by atoms with Crippen LogP contribution >= 0.6 is 0 Å². The van der Waals surface area contributed by atoms with Crippen LogP contribution in [0.1, 0.15) is 84.0 Å². The van der Waals surface area contributed by atoms with Crippen LogP contribution in [0.2, 0.25) is 0 Å². The summed E-state index contributed by atoms with van der Waals surface area (Å²) in [5.41, 5.74) is 0. The molecule has 0 bridgehead atoms. The lowest BCUT2D eigenvalue weighted by atomic mass is 10.1. The zero-order chi connectivity index (χ0) is 14.9. The minimum atomic E-state index is -0.689. The molecule has 0 amide bonds. The molecule has 2 nitrogen and oxygen atoms in total. The Morgan fingerprint density at radius 1 is 0.750 bits per heavy atom. The van der Waals surface area contributed by atoms with Crippen molar-refractivity contribution in [2.45, 2.75) is 84.0 Å². The maximum atomic E-state index is 10.3. The Morgan fingerprint density at radius 3 is 1.70 bits per heavy atom. The number of hydrogen-bond donors (Lipinski definition) is 1. The second-order valence-electron chi connectivity index (χ2n) is 4.93. The smallest absolute Gasteiger partial charge is 0.303 e. The molecule has 0 heterocycles. The van der Waals surface area contributed by atoms with Crippen LogP contribution in [0.5, 0.6) is 0 Å². The lowest BCUT2D eigenvalue weighted by Crippen LogP contribution is -1.93. The van der Waals surface area contributed by atoms with Crippen LogP contribution in [-0.2, 0) is 4.79 Å². The third-order valence-corrected chi connectivity index (χ3v) is 2.97. The maximum absolute atomic E-state index is 10.3. The Hall–Kier alpha value is -1.41. The summed E-state index contributed by atoms with van der Waals surface area (Å²) < 4.78 is 0. The summed E-state index contributed by atoms with van der Waals surface area (Å²) in [6, 6.07) is 0. The van der Waals surface area contributed by atoms with Crippen molar-refractivity contribution in [1.82, 2.24) is 0 Å². The SMILES string of the molecule is CCC#CCCCCCC#CCCCCCCC(=O)O. The van der Waals surface area contributed by atoms with Crippen LogP contribution in [0.25, 0.3) is 0 Å². The van der Waals surface area contributed by atoms with Gasteiger partial charge >= 0.3 is 5.97 Å². The predicted octanol–water partition coefficient (Wildman–Crippen LogP) is 4.78. The number of aliphatic carboxylic acids is 1. The molecule has 0 aromatic rings. The number of carboxylic acid groups (broad SMARTS) is 1. The molecule has 0 radical (unpaired) electrons. The van der Waals surface area contributed by atoms with Crippen LogP contribution < -0.4 is 0 Å². The van der Waals surface area contributed by atoms with Gasteiger partial charge in [-0.25, -0.2) is 0 Å². The molecule has 0 aromatic carbocycles. The molecule has 0 spiro atoms. The number of hydrogen-bond acceptors (Lipinski definition) is 1. The minimum Gasteiger partial charge on any atom is -0.481 e. The fraction of sp³-hybridized carbons (Fsp3) is 0.722. The van der Waals surface area contributed by atoms with Crippen LogP contribution in [0.3, 0.4) is 0 Å². The van der Waals surface area contributed by atoms with Crippen LogP contribution in [-0.4, -0.2) is 11.1 Å². The van der Waals surface area contributed by atoms with E-state index in [2.05, 4.69) is 30.6 Å². The quantitative estimate of drug-likeness (QED) is 0.460. The van der Waals surface area contributed by atoms with E-state index >= 15 is 0 Å². The molecule has 0 fully saturated rings. The van der Waals surface area contributed by atoms with E-state index in [-0.39, 0.29) is 0 Å². The van der Waals surface area contributed by atoms with E-state index in [0.717, 1.165) is 51.4 Å². The van der Waals surface area contributed by atoms with Crippen LogP contribution in [0.4, 0.5) is 0 Å². The first kappa shape index (κ1) is 18.6. The van der Waals surface area contributed by atoms with Gasteiger partial charge in [0.25, 0.3) is 0 Å². The van der Waals surface area contributed by atoms with Gasteiger partial charge in [-0.2, -0.15) is 0 Å². The maximum Gasteiger partial charge on any atom is 0.303 e. The van der Waals surface area contributed by atoms with Crippen LogP contribution in [0, 0.1) is 23.7 Å². The molecule has 2 heteroatoms. The van der Waals surface area contributed by atoms with Gasteiger partial charge < -0.3 is 5.11 Å². The summed E-state index contributed by atoms with van der Waals surface area (Å²) in [6.45, 7) is 2.08. The summed E-state index contributed by atoms with van der Waals surface area (Å²) in [7, 11) is 0. The van der Waals surface area contributed by atoms with Crippen molar-refractivity contribution in [3.05, 3.63) is 0 Å². The van der Waals surface area contributed by atoms with E-state index in [1.54, 1.807) is 0 Å². The zero-order valence-corrected chi connectivity index (χ0v) is 12.8. The lowest BCUT2D eigenvalue weighted by Gasteiger charge is -1.95. The Balaban J connectivity index is 3.19. The van der Waals surface area contributed by atoms with Gasteiger partial charge in [-0.3, -0.25) is 4.79 Å². The predicted molar refractivity (Wildman–Crippen MR) is 84.3 cm³/mol. The van der Waals surface area contributed by atoms with Gasteiger partial charge in [0.15, 0.2) is 0 Å². The Bertz CT molecular complexity index is 349. The summed E-state index contributed by atoms with van der Waals surface area (Å²) >= 11 is 0. The molecule has 0 saturated carbocycles. The second-order valence-corrected chi connectivity index (χ2v) is 4.93. The molecule has 112 valence electrons. The molecular weight excluding hydrogens is 248 g/mol. The Morgan fingerprint density at radius 2 is 1.20 bits per heavy atom. The molecular formula is C18H28O2. The highest BCUT2D eigenvalue weighted by Gasteiger charge is 1.95. The van der Waals surface area contributed by atoms with Crippen molar-refractivity contribution in [3.63, 3.8) is 0 Å². The molecule has 0 saturated heterocycles. The molecule has 0 atom stereocenters. The highest BCUT2D eigenvalue weighted by molar-refractivity contribution is 5.66. The fourth-order valence-corrected chi connectivity index (χ4v) is 1.84. The third-order valence-electron chi connectivity index (χ3n) is 2.97. The fourth-order valence-electron chi connectivity index (χ4n) is 1.84. The third kappa shape index (κ3) is 16.6. The molecule has 0 aliphatic heterocycles. The normalized spacial score (nSPS) is 9.25. The van der Waals surface area contributed by atoms with E-state index in [1.165, 1.54) is 19.3 Å². The van der Waals surface area contributed by atoms with Crippen molar-refractivity contribution >= 4 is 5.97 Å². The zero-order valence-electron chi connectivity index (χ0n) is 12.8. The van der Waals surface area contributed by atoms with Gasteiger partial charge in [0, 0.05) is 32.1 Å². The number of rotatable bonds is 10. The molecule has 1 N–H and O–H groups in total. The van der Waals surface area contributed by atoms with Gasteiger partial charge in [-0.05, 0) is 25.7 Å².